The lowest BCUT2D eigenvalue weighted by Crippen LogP contribution is -2.48. The van der Waals surface area contributed by atoms with Crippen molar-refractivity contribution in [1.29, 1.82) is 0 Å². The van der Waals surface area contributed by atoms with Crippen molar-refractivity contribution in [2.75, 3.05) is 19.6 Å². The predicted molar refractivity (Wildman–Crippen MR) is 74.8 cm³/mol. The molecule has 1 saturated heterocycles. The highest BCUT2D eigenvalue weighted by Gasteiger charge is 2.28. The molecule has 4 heteroatoms. The summed E-state index contributed by atoms with van der Waals surface area (Å²) in [5.41, 5.74) is 7.07. The van der Waals surface area contributed by atoms with Gasteiger partial charge in [0, 0.05) is 30.7 Å². The first kappa shape index (κ1) is 13.8. The molecule has 2 N–H and O–H groups in total. The van der Waals surface area contributed by atoms with Crippen LogP contribution in [-0.2, 0) is 4.74 Å². The highest BCUT2D eigenvalue weighted by atomic mass is 35.5. The summed E-state index contributed by atoms with van der Waals surface area (Å²) in [4.78, 5) is 2.38. The molecule has 0 radical (unpaired) electrons. The summed E-state index contributed by atoms with van der Waals surface area (Å²) in [5, 5.41) is 0.791. The molecule has 0 spiro atoms. The van der Waals surface area contributed by atoms with E-state index >= 15 is 0 Å². The fraction of sp³-hybridized carbons (Fsp3) is 0.571. The zero-order chi connectivity index (χ0) is 13.1. The maximum atomic E-state index is 6.28. The van der Waals surface area contributed by atoms with Gasteiger partial charge in [0.1, 0.15) is 0 Å². The number of rotatable bonds is 3. The van der Waals surface area contributed by atoms with Gasteiger partial charge in [-0.3, -0.25) is 4.90 Å². The van der Waals surface area contributed by atoms with Crippen molar-refractivity contribution in [2.24, 2.45) is 5.73 Å². The van der Waals surface area contributed by atoms with E-state index in [1.165, 1.54) is 0 Å². The van der Waals surface area contributed by atoms with Crippen LogP contribution in [-0.4, -0.2) is 36.7 Å². The molecule has 3 nitrogen and oxygen atoms in total. The number of ether oxygens (including phenoxy) is 1. The van der Waals surface area contributed by atoms with E-state index < -0.39 is 0 Å². The van der Waals surface area contributed by atoms with Crippen LogP contribution < -0.4 is 5.73 Å². The Hall–Kier alpha value is -0.610. The smallest absolute Gasteiger partial charge is 0.0678 e. The summed E-state index contributed by atoms with van der Waals surface area (Å²) in [6.07, 6.45) is 0.482. The second kappa shape index (κ2) is 6.02. The van der Waals surface area contributed by atoms with Crippen molar-refractivity contribution in [3.63, 3.8) is 0 Å². The Morgan fingerprint density at radius 3 is 2.50 bits per heavy atom. The summed E-state index contributed by atoms with van der Waals surface area (Å²) < 4.78 is 5.76. The number of morpholine rings is 1. The van der Waals surface area contributed by atoms with Gasteiger partial charge in [-0.05, 0) is 25.5 Å². The molecule has 3 atom stereocenters. The second-order valence-corrected chi connectivity index (χ2v) is 5.39. The molecule has 0 bridgehead atoms. The molecule has 0 aromatic heterocycles. The highest BCUT2D eigenvalue weighted by Crippen LogP contribution is 2.29. The van der Waals surface area contributed by atoms with Crippen LogP contribution in [0, 0.1) is 0 Å². The van der Waals surface area contributed by atoms with E-state index in [2.05, 4.69) is 24.8 Å². The molecule has 1 fully saturated rings. The van der Waals surface area contributed by atoms with Gasteiger partial charge in [0.15, 0.2) is 0 Å². The fourth-order valence-corrected chi connectivity index (χ4v) is 2.95. The Morgan fingerprint density at radius 2 is 1.94 bits per heavy atom. The van der Waals surface area contributed by atoms with Gasteiger partial charge in [-0.2, -0.15) is 0 Å². The maximum Gasteiger partial charge on any atom is 0.0678 e. The normalized spacial score (nSPS) is 27.1. The highest BCUT2D eigenvalue weighted by molar-refractivity contribution is 6.31. The molecule has 1 heterocycles. The van der Waals surface area contributed by atoms with Crippen LogP contribution in [0.4, 0.5) is 0 Å². The Bertz CT molecular complexity index is 389. The van der Waals surface area contributed by atoms with E-state index in [1.54, 1.807) is 0 Å². The minimum absolute atomic E-state index is 0.174. The average Bonchev–Trinajstić information content (AvgIpc) is 2.31. The third-order valence-corrected chi connectivity index (χ3v) is 3.72. The number of nitrogens with two attached hydrogens (primary N) is 1. The first-order valence-electron chi connectivity index (χ1n) is 6.45. The molecule has 2 rings (SSSR count). The summed E-state index contributed by atoms with van der Waals surface area (Å²) in [6, 6.07) is 8.12. The van der Waals surface area contributed by atoms with Crippen LogP contribution in [0.2, 0.25) is 5.02 Å². The molecule has 3 unspecified atom stereocenters. The van der Waals surface area contributed by atoms with Gasteiger partial charge in [-0.1, -0.05) is 29.8 Å². The van der Waals surface area contributed by atoms with Crippen molar-refractivity contribution in [3.8, 4) is 0 Å². The van der Waals surface area contributed by atoms with E-state index in [0.717, 1.165) is 23.7 Å². The lowest BCUT2D eigenvalue weighted by Gasteiger charge is -2.40. The Labute approximate surface area is 114 Å². The van der Waals surface area contributed by atoms with E-state index in [-0.39, 0.29) is 18.2 Å². The van der Waals surface area contributed by atoms with E-state index in [0.29, 0.717) is 6.54 Å². The zero-order valence-corrected chi connectivity index (χ0v) is 11.7. The van der Waals surface area contributed by atoms with Gasteiger partial charge in [-0.25, -0.2) is 0 Å². The van der Waals surface area contributed by atoms with Crippen molar-refractivity contribution < 1.29 is 4.74 Å². The molecule has 100 valence electrons. The van der Waals surface area contributed by atoms with Crippen LogP contribution in [0.25, 0.3) is 0 Å². The summed E-state index contributed by atoms with van der Waals surface area (Å²) in [6.45, 7) is 6.57. The van der Waals surface area contributed by atoms with Crippen LogP contribution in [0.15, 0.2) is 24.3 Å². The number of halogens is 1. The first-order chi connectivity index (χ1) is 8.61. The quantitative estimate of drug-likeness (QED) is 0.915. The van der Waals surface area contributed by atoms with Crippen LogP contribution in [0.1, 0.15) is 25.5 Å². The van der Waals surface area contributed by atoms with Gasteiger partial charge in [0.25, 0.3) is 0 Å². The molecule has 1 aromatic carbocycles. The fourth-order valence-electron chi connectivity index (χ4n) is 2.69. The van der Waals surface area contributed by atoms with E-state index in [1.807, 2.05) is 18.2 Å². The Kier molecular flexibility index (Phi) is 4.62. The van der Waals surface area contributed by atoms with Gasteiger partial charge >= 0.3 is 0 Å². The lowest BCUT2D eigenvalue weighted by molar-refractivity contribution is -0.0799. The van der Waals surface area contributed by atoms with Crippen molar-refractivity contribution in [1.82, 2.24) is 4.90 Å². The lowest BCUT2D eigenvalue weighted by atomic mass is 10.0. The third-order valence-electron chi connectivity index (χ3n) is 3.38. The largest absolute Gasteiger partial charge is 0.373 e. The molecule has 18 heavy (non-hydrogen) atoms. The molecule has 1 aliphatic rings. The molecule has 0 aliphatic carbocycles. The average molecular weight is 269 g/mol. The number of hydrogen-bond donors (Lipinski definition) is 1. The van der Waals surface area contributed by atoms with Crippen molar-refractivity contribution >= 4 is 11.6 Å². The van der Waals surface area contributed by atoms with E-state index in [4.69, 9.17) is 22.1 Å². The second-order valence-electron chi connectivity index (χ2n) is 4.98. The molecular weight excluding hydrogens is 248 g/mol. The van der Waals surface area contributed by atoms with Crippen LogP contribution in [0.5, 0.6) is 0 Å². The molecule has 0 saturated carbocycles. The molecule has 1 aliphatic heterocycles. The van der Waals surface area contributed by atoms with Gasteiger partial charge in [-0.15, -0.1) is 0 Å². The number of nitrogens with zero attached hydrogens (tertiary/aromatic N) is 1. The minimum atomic E-state index is 0.174. The van der Waals surface area contributed by atoms with Crippen LogP contribution >= 0.6 is 11.6 Å². The molecule has 0 amide bonds. The number of benzene rings is 1. The molecular formula is C14H21ClN2O. The maximum absolute atomic E-state index is 6.28. The monoisotopic (exact) mass is 268 g/mol. The standard InChI is InChI=1S/C14H21ClN2O/c1-10-8-17(9-11(2)18-10)14(7-16)12-5-3-4-6-13(12)15/h3-6,10-11,14H,7-9,16H2,1-2H3. The van der Waals surface area contributed by atoms with E-state index in [9.17, 15) is 0 Å². The van der Waals surface area contributed by atoms with Crippen molar-refractivity contribution in [3.05, 3.63) is 34.9 Å². The number of hydrogen-bond acceptors (Lipinski definition) is 3. The predicted octanol–water partition coefficient (Wildman–Crippen LogP) is 2.45. The summed E-state index contributed by atoms with van der Waals surface area (Å²) >= 11 is 6.28. The third kappa shape index (κ3) is 3.04. The zero-order valence-electron chi connectivity index (χ0n) is 11.0. The van der Waals surface area contributed by atoms with Gasteiger partial charge < -0.3 is 10.5 Å². The topological polar surface area (TPSA) is 38.5 Å². The van der Waals surface area contributed by atoms with Crippen LogP contribution in [0.3, 0.4) is 0 Å². The van der Waals surface area contributed by atoms with Gasteiger partial charge in [0.05, 0.1) is 12.2 Å². The summed E-state index contributed by atoms with van der Waals surface area (Å²) in [7, 11) is 0. The minimum Gasteiger partial charge on any atom is -0.373 e. The van der Waals surface area contributed by atoms with Crippen molar-refractivity contribution in [2.45, 2.75) is 32.1 Å². The molecule has 1 aromatic rings. The summed E-state index contributed by atoms with van der Waals surface area (Å²) in [5.74, 6) is 0. The Morgan fingerprint density at radius 1 is 1.33 bits per heavy atom. The SMILES string of the molecule is CC1CN(C(CN)c2ccccc2Cl)CC(C)O1. The Balaban J connectivity index is 2.20. The first-order valence-corrected chi connectivity index (χ1v) is 6.83. The van der Waals surface area contributed by atoms with Gasteiger partial charge in [0.2, 0.25) is 0 Å².